The number of rotatable bonds is 15. The Morgan fingerprint density at radius 3 is 2.24 bits per heavy atom. The number of carbonyl (C=O) groups is 4. The van der Waals surface area contributed by atoms with Gasteiger partial charge < -0.3 is 36.9 Å². The SMILES string of the molecule is CSCCC(N)C(=O)NC(Cc1c[nH]c2ccccc12)C(=O)NC(CC(C)C)C(=O)NC(C(=O)O)C(C)O. The third-order valence-electron chi connectivity index (χ3n) is 6.09. The Balaban J connectivity index is 2.29. The number of nitrogens with one attached hydrogen (secondary N) is 4. The number of nitrogens with two attached hydrogens (primary N) is 1. The third-order valence-corrected chi connectivity index (χ3v) is 6.73. The number of carboxylic acids is 1. The Hall–Kier alpha value is -3.09. The molecule has 5 atom stereocenters. The Labute approximate surface area is 226 Å². The molecule has 1 heterocycles. The molecule has 3 amide bonds. The van der Waals surface area contributed by atoms with Gasteiger partial charge in [0.15, 0.2) is 6.04 Å². The average molecular weight is 550 g/mol. The fraction of sp³-hybridized carbons (Fsp3) is 0.538. The number of hydrogen-bond donors (Lipinski definition) is 7. The zero-order valence-electron chi connectivity index (χ0n) is 22.2. The van der Waals surface area contributed by atoms with E-state index >= 15 is 0 Å². The van der Waals surface area contributed by atoms with Crippen LogP contribution in [0.15, 0.2) is 30.5 Å². The molecule has 0 aliphatic rings. The molecule has 2 aromatic rings. The summed E-state index contributed by atoms with van der Waals surface area (Å²) in [7, 11) is 0. The lowest BCUT2D eigenvalue weighted by Crippen LogP contribution is -2.58. The summed E-state index contributed by atoms with van der Waals surface area (Å²) >= 11 is 1.56. The van der Waals surface area contributed by atoms with Crippen LogP contribution in [0.5, 0.6) is 0 Å². The van der Waals surface area contributed by atoms with E-state index in [4.69, 9.17) is 5.73 Å². The monoisotopic (exact) mass is 549 g/mol. The van der Waals surface area contributed by atoms with E-state index in [0.717, 1.165) is 16.5 Å². The summed E-state index contributed by atoms with van der Waals surface area (Å²) in [5.41, 5.74) is 7.71. The molecule has 5 unspecified atom stereocenters. The molecule has 38 heavy (non-hydrogen) atoms. The lowest BCUT2D eigenvalue weighted by molar-refractivity contribution is -0.145. The van der Waals surface area contributed by atoms with E-state index in [-0.39, 0.29) is 18.8 Å². The highest BCUT2D eigenvalue weighted by molar-refractivity contribution is 7.98. The van der Waals surface area contributed by atoms with Crippen molar-refractivity contribution in [1.29, 1.82) is 0 Å². The number of benzene rings is 1. The van der Waals surface area contributed by atoms with E-state index in [0.29, 0.717) is 12.2 Å². The number of amides is 3. The number of carbonyl (C=O) groups excluding carboxylic acids is 3. The first-order valence-electron chi connectivity index (χ1n) is 12.6. The van der Waals surface area contributed by atoms with Gasteiger partial charge in [-0.05, 0) is 49.3 Å². The molecule has 210 valence electrons. The Morgan fingerprint density at radius 1 is 1.00 bits per heavy atom. The van der Waals surface area contributed by atoms with Crippen LogP contribution < -0.4 is 21.7 Å². The molecule has 0 spiro atoms. The fourth-order valence-electron chi connectivity index (χ4n) is 4.00. The van der Waals surface area contributed by atoms with Crippen molar-refractivity contribution >= 4 is 46.4 Å². The predicted molar refractivity (Wildman–Crippen MR) is 148 cm³/mol. The topological polar surface area (TPSA) is 187 Å². The van der Waals surface area contributed by atoms with Gasteiger partial charge in [-0.1, -0.05) is 32.0 Å². The first-order chi connectivity index (χ1) is 17.9. The van der Waals surface area contributed by atoms with E-state index in [2.05, 4.69) is 20.9 Å². The normalized spacial score (nSPS) is 15.3. The summed E-state index contributed by atoms with van der Waals surface area (Å²) in [5.74, 6) is -2.57. The number of thioether (sulfide) groups is 1. The average Bonchev–Trinajstić information content (AvgIpc) is 3.26. The van der Waals surface area contributed by atoms with Crippen LogP contribution in [0.2, 0.25) is 0 Å². The van der Waals surface area contributed by atoms with Crippen molar-refractivity contribution in [2.45, 2.75) is 70.3 Å². The van der Waals surface area contributed by atoms with Crippen molar-refractivity contribution in [3.05, 3.63) is 36.0 Å². The lowest BCUT2D eigenvalue weighted by atomic mass is 10.00. The summed E-state index contributed by atoms with van der Waals surface area (Å²) in [6, 6.07) is 3.07. The van der Waals surface area contributed by atoms with Gasteiger partial charge in [0.2, 0.25) is 17.7 Å². The standard InChI is InChI=1S/C26H39N5O6S/c1-14(2)11-20(25(35)31-22(15(3)32)26(36)37)30-24(34)21(29-23(33)18(27)9-10-38-4)12-16-13-28-19-8-6-5-7-17(16)19/h5-8,13-15,18,20-22,28,32H,9-12,27H2,1-4H3,(H,29,33)(H,30,34)(H,31,35)(H,36,37). The predicted octanol–water partition coefficient (Wildman–Crippen LogP) is 0.757. The van der Waals surface area contributed by atoms with Crippen molar-refractivity contribution in [1.82, 2.24) is 20.9 Å². The van der Waals surface area contributed by atoms with Gasteiger partial charge in [0.05, 0.1) is 12.1 Å². The molecule has 11 nitrogen and oxygen atoms in total. The van der Waals surface area contributed by atoms with Crippen LogP contribution in [0.25, 0.3) is 10.9 Å². The number of carboxylic acid groups (broad SMARTS) is 1. The number of aromatic amines is 1. The molecule has 8 N–H and O–H groups in total. The van der Waals surface area contributed by atoms with Crippen LogP contribution in [-0.2, 0) is 25.6 Å². The molecule has 0 bridgehead atoms. The number of fused-ring (bicyclic) bond motifs is 1. The number of aliphatic hydroxyl groups excluding tert-OH is 1. The summed E-state index contributed by atoms with van der Waals surface area (Å²) < 4.78 is 0. The highest BCUT2D eigenvalue weighted by Gasteiger charge is 2.32. The molecule has 12 heteroatoms. The molecular weight excluding hydrogens is 510 g/mol. The smallest absolute Gasteiger partial charge is 0.328 e. The van der Waals surface area contributed by atoms with Gasteiger partial charge in [0.25, 0.3) is 0 Å². The highest BCUT2D eigenvalue weighted by Crippen LogP contribution is 2.19. The van der Waals surface area contributed by atoms with Gasteiger partial charge in [-0.3, -0.25) is 14.4 Å². The maximum Gasteiger partial charge on any atom is 0.328 e. The van der Waals surface area contributed by atoms with Crippen molar-refractivity contribution < 1.29 is 29.4 Å². The molecule has 0 saturated carbocycles. The second kappa shape index (κ2) is 14.7. The molecule has 1 aromatic heterocycles. The summed E-state index contributed by atoms with van der Waals surface area (Å²) in [6.07, 6.45) is 3.11. The minimum absolute atomic E-state index is 0.0255. The van der Waals surface area contributed by atoms with Crippen LogP contribution >= 0.6 is 11.8 Å². The molecule has 2 rings (SSSR count). The van der Waals surface area contributed by atoms with Crippen molar-refractivity contribution in [2.75, 3.05) is 12.0 Å². The number of aliphatic hydroxyl groups is 1. The van der Waals surface area contributed by atoms with E-state index in [1.807, 2.05) is 44.4 Å². The molecule has 0 radical (unpaired) electrons. The van der Waals surface area contributed by atoms with Crippen LogP contribution in [0, 0.1) is 5.92 Å². The van der Waals surface area contributed by atoms with Crippen molar-refractivity contribution in [3.63, 3.8) is 0 Å². The summed E-state index contributed by atoms with van der Waals surface area (Å²) in [5, 5.41) is 27.7. The van der Waals surface area contributed by atoms with E-state index < -0.39 is 54.0 Å². The number of aromatic nitrogens is 1. The molecule has 1 aromatic carbocycles. The van der Waals surface area contributed by atoms with Gasteiger partial charge in [0, 0.05) is 23.5 Å². The quantitative estimate of drug-likeness (QED) is 0.170. The van der Waals surface area contributed by atoms with Gasteiger partial charge in [0.1, 0.15) is 12.1 Å². The van der Waals surface area contributed by atoms with Crippen LogP contribution in [-0.4, -0.2) is 81.2 Å². The van der Waals surface area contributed by atoms with E-state index in [1.54, 1.807) is 18.0 Å². The van der Waals surface area contributed by atoms with Crippen molar-refractivity contribution in [3.8, 4) is 0 Å². The highest BCUT2D eigenvalue weighted by atomic mass is 32.2. The molecule has 0 fully saturated rings. The number of aliphatic carboxylic acids is 1. The number of para-hydroxylation sites is 1. The largest absolute Gasteiger partial charge is 0.480 e. The second-order valence-corrected chi connectivity index (χ2v) is 10.8. The second-order valence-electron chi connectivity index (χ2n) is 9.77. The maximum absolute atomic E-state index is 13.5. The zero-order chi connectivity index (χ0) is 28.4. The molecule has 0 saturated heterocycles. The van der Waals surface area contributed by atoms with Gasteiger partial charge in [-0.2, -0.15) is 11.8 Å². The van der Waals surface area contributed by atoms with Crippen molar-refractivity contribution in [2.24, 2.45) is 11.7 Å². The first-order valence-corrected chi connectivity index (χ1v) is 13.9. The minimum atomic E-state index is -1.54. The van der Waals surface area contributed by atoms with E-state index in [9.17, 15) is 29.4 Å². The third kappa shape index (κ3) is 9.03. The van der Waals surface area contributed by atoms with Gasteiger partial charge in [-0.15, -0.1) is 0 Å². The number of hydrogen-bond acceptors (Lipinski definition) is 7. The van der Waals surface area contributed by atoms with Gasteiger partial charge >= 0.3 is 5.97 Å². The summed E-state index contributed by atoms with van der Waals surface area (Å²) in [6.45, 7) is 4.96. The molecule has 0 aliphatic heterocycles. The van der Waals surface area contributed by atoms with Crippen LogP contribution in [0.1, 0.15) is 39.2 Å². The first kappa shape index (κ1) is 31.1. The Bertz CT molecular complexity index is 1100. The van der Waals surface area contributed by atoms with E-state index in [1.165, 1.54) is 6.92 Å². The van der Waals surface area contributed by atoms with Crippen LogP contribution in [0.4, 0.5) is 0 Å². The summed E-state index contributed by atoms with van der Waals surface area (Å²) in [4.78, 5) is 53.9. The zero-order valence-corrected chi connectivity index (χ0v) is 23.0. The molecule has 0 aliphatic carbocycles. The molecular formula is C26H39N5O6S. The lowest BCUT2D eigenvalue weighted by Gasteiger charge is -2.26. The number of H-pyrrole nitrogens is 1. The maximum atomic E-state index is 13.5. The minimum Gasteiger partial charge on any atom is -0.480 e. The van der Waals surface area contributed by atoms with Crippen LogP contribution in [0.3, 0.4) is 0 Å². The fourth-order valence-corrected chi connectivity index (χ4v) is 4.49. The van der Waals surface area contributed by atoms with Gasteiger partial charge in [-0.25, -0.2) is 4.79 Å². The Morgan fingerprint density at radius 2 is 1.63 bits per heavy atom. The Kier molecular flexibility index (Phi) is 12.1.